The van der Waals surface area contributed by atoms with Gasteiger partial charge >= 0.3 is 0 Å². The quantitative estimate of drug-likeness (QED) is 0.607. The number of hydrogen-bond donors (Lipinski definition) is 2. The van der Waals surface area contributed by atoms with Crippen LogP contribution < -0.4 is 10.6 Å². The van der Waals surface area contributed by atoms with Crippen LogP contribution in [-0.4, -0.2) is 40.7 Å². The molecule has 1 aliphatic heterocycles. The molecule has 0 aromatic carbocycles. The number of aromatic nitrogens is 2. The number of nitrogens with one attached hydrogen (secondary N) is 2. The van der Waals surface area contributed by atoms with Gasteiger partial charge in [-0.3, -0.25) is 4.68 Å². The fourth-order valence-corrected chi connectivity index (χ4v) is 2.29. The van der Waals surface area contributed by atoms with Crippen LogP contribution >= 0.6 is 12.2 Å². The van der Waals surface area contributed by atoms with E-state index in [1.807, 2.05) is 24.0 Å². The van der Waals surface area contributed by atoms with Crippen LogP contribution in [0.4, 0.5) is 0 Å². The van der Waals surface area contributed by atoms with Gasteiger partial charge in [-0.05, 0) is 44.0 Å². The minimum absolute atomic E-state index is 0.326. The average molecular weight is 282 g/mol. The molecule has 0 spiro atoms. The van der Waals surface area contributed by atoms with Gasteiger partial charge in [0, 0.05) is 32.4 Å². The van der Waals surface area contributed by atoms with Gasteiger partial charge in [0.2, 0.25) is 0 Å². The van der Waals surface area contributed by atoms with Crippen LogP contribution in [0.15, 0.2) is 12.4 Å². The molecule has 2 rings (SSSR count). The molecule has 1 saturated heterocycles. The Balaban J connectivity index is 1.51. The predicted octanol–water partition coefficient (Wildman–Crippen LogP) is 1.22. The van der Waals surface area contributed by atoms with E-state index in [2.05, 4.69) is 15.7 Å². The molecule has 0 amide bonds. The first kappa shape index (κ1) is 14.3. The minimum Gasteiger partial charge on any atom is -0.376 e. The number of ether oxygens (including phenoxy) is 1. The summed E-state index contributed by atoms with van der Waals surface area (Å²) in [5, 5.41) is 11.4. The lowest BCUT2D eigenvalue weighted by molar-refractivity contribution is 0.114. The molecule has 1 aromatic rings. The third-order valence-electron chi connectivity index (χ3n) is 3.13. The highest BCUT2D eigenvalue weighted by Crippen LogP contribution is 2.10. The van der Waals surface area contributed by atoms with E-state index in [-0.39, 0.29) is 0 Å². The average Bonchev–Trinajstić information content (AvgIpc) is 3.04. The SMILES string of the molecule is Cc1cnn(CCCNC(=S)NCC2CCCO2)c1. The molecule has 5 nitrogen and oxygen atoms in total. The van der Waals surface area contributed by atoms with Gasteiger partial charge in [-0.25, -0.2) is 0 Å². The topological polar surface area (TPSA) is 51.1 Å². The predicted molar refractivity (Wildman–Crippen MR) is 79.2 cm³/mol. The maximum absolute atomic E-state index is 5.53. The van der Waals surface area contributed by atoms with E-state index in [0.29, 0.717) is 11.2 Å². The summed E-state index contributed by atoms with van der Waals surface area (Å²) in [5.41, 5.74) is 1.20. The molecule has 0 radical (unpaired) electrons. The van der Waals surface area contributed by atoms with Crippen molar-refractivity contribution in [3.8, 4) is 0 Å². The monoisotopic (exact) mass is 282 g/mol. The molecule has 1 unspecified atom stereocenters. The summed E-state index contributed by atoms with van der Waals surface area (Å²) in [7, 11) is 0. The van der Waals surface area contributed by atoms with E-state index >= 15 is 0 Å². The van der Waals surface area contributed by atoms with Gasteiger partial charge in [-0.1, -0.05) is 0 Å². The minimum atomic E-state index is 0.326. The molecule has 2 N–H and O–H groups in total. The molecular formula is C13H22N4OS. The summed E-state index contributed by atoms with van der Waals surface area (Å²) < 4.78 is 7.49. The van der Waals surface area contributed by atoms with Crippen LogP contribution in [0, 0.1) is 6.92 Å². The van der Waals surface area contributed by atoms with Crippen LogP contribution in [-0.2, 0) is 11.3 Å². The Bertz CT molecular complexity index is 401. The van der Waals surface area contributed by atoms with Gasteiger partial charge in [0.1, 0.15) is 0 Å². The fourth-order valence-electron chi connectivity index (χ4n) is 2.11. The summed E-state index contributed by atoms with van der Waals surface area (Å²) >= 11 is 5.22. The molecule has 0 bridgehead atoms. The van der Waals surface area contributed by atoms with Crippen LogP contribution in [0.3, 0.4) is 0 Å². The van der Waals surface area contributed by atoms with Crippen molar-refractivity contribution in [2.24, 2.45) is 0 Å². The smallest absolute Gasteiger partial charge is 0.166 e. The molecule has 106 valence electrons. The largest absolute Gasteiger partial charge is 0.376 e. The number of aryl methyl sites for hydroxylation is 2. The lowest BCUT2D eigenvalue weighted by Gasteiger charge is -2.13. The van der Waals surface area contributed by atoms with Crippen LogP contribution in [0.2, 0.25) is 0 Å². The zero-order valence-electron chi connectivity index (χ0n) is 11.4. The zero-order valence-corrected chi connectivity index (χ0v) is 12.2. The number of thiocarbonyl (C=S) groups is 1. The Morgan fingerprint density at radius 3 is 3.16 bits per heavy atom. The van der Waals surface area contributed by atoms with E-state index in [0.717, 1.165) is 45.5 Å². The van der Waals surface area contributed by atoms with E-state index in [1.54, 1.807) is 0 Å². The van der Waals surface area contributed by atoms with Gasteiger partial charge in [-0.15, -0.1) is 0 Å². The van der Waals surface area contributed by atoms with Crippen molar-refractivity contribution in [2.45, 2.75) is 38.8 Å². The molecule has 1 atom stereocenters. The Morgan fingerprint density at radius 1 is 1.58 bits per heavy atom. The molecule has 2 heterocycles. The molecular weight excluding hydrogens is 260 g/mol. The second-order valence-electron chi connectivity index (χ2n) is 4.91. The number of nitrogens with zero attached hydrogens (tertiary/aromatic N) is 2. The van der Waals surface area contributed by atoms with E-state index in [1.165, 1.54) is 5.56 Å². The third-order valence-corrected chi connectivity index (χ3v) is 3.41. The second kappa shape index (κ2) is 7.45. The molecule has 1 fully saturated rings. The summed E-state index contributed by atoms with van der Waals surface area (Å²) in [6.45, 7) is 5.51. The van der Waals surface area contributed by atoms with Gasteiger partial charge in [0.05, 0.1) is 12.3 Å². The summed E-state index contributed by atoms with van der Waals surface area (Å²) in [6.07, 6.45) is 7.55. The summed E-state index contributed by atoms with van der Waals surface area (Å²) in [5.74, 6) is 0. The molecule has 6 heteroatoms. The van der Waals surface area contributed by atoms with Crippen molar-refractivity contribution in [2.75, 3.05) is 19.7 Å². The van der Waals surface area contributed by atoms with Crippen molar-refractivity contribution in [3.63, 3.8) is 0 Å². The zero-order chi connectivity index (χ0) is 13.5. The highest BCUT2D eigenvalue weighted by atomic mass is 32.1. The first-order valence-electron chi connectivity index (χ1n) is 6.86. The Hall–Kier alpha value is -1.14. The lowest BCUT2D eigenvalue weighted by Crippen LogP contribution is -2.39. The second-order valence-corrected chi connectivity index (χ2v) is 5.31. The van der Waals surface area contributed by atoms with Crippen LogP contribution in [0.5, 0.6) is 0 Å². The van der Waals surface area contributed by atoms with Gasteiger partial charge in [-0.2, -0.15) is 5.10 Å². The van der Waals surface area contributed by atoms with Crippen molar-refractivity contribution in [1.29, 1.82) is 0 Å². The van der Waals surface area contributed by atoms with Crippen LogP contribution in [0.25, 0.3) is 0 Å². The van der Waals surface area contributed by atoms with Crippen molar-refractivity contribution in [3.05, 3.63) is 18.0 Å². The Labute approximate surface area is 119 Å². The lowest BCUT2D eigenvalue weighted by atomic mass is 10.2. The molecule has 1 aliphatic rings. The van der Waals surface area contributed by atoms with Crippen molar-refractivity contribution >= 4 is 17.3 Å². The van der Waals surface area contributed by atoms with E-state index < -0.39 is 0 Å². The molecule has 0 saturated carbocycles. The summed E-state index contributed by atoms with van der Waals surface area (Å²) in [4.78, 5) is 0. The molecule has 0 aliphatic carbocycles. The number of rotatable bonds is 6. The van der Waals surface area contributed by atoms with Gasteiger partial charge < -0.3 is 15.4 Å². The highest BCUT2D eigenvalue weighted by Gasteiger charge is 2.14. The maximum Gasteiger partial charge on any atom is 0.166 e. The van der Waals surface area contributed by atoms with Gasteiger partial charge in [0.15, 0.2) is 5.11 Å². The van der Waals surface area contributed by atoms with Crippen LogP contribution in [0.1, 0.15) is 24.8 Å². The third kappa shape index (κ3) is 5.16. The molecule has 1 aromatic heterocycles. The normalized spacial score (nSPS) is 18.5. The van der Waals surface area contributed by atoms with E-state index in [9.17, 15) is 0 Å². The van der Waals surface area contributed by atoms with Crippen molar-refractivity contribution < 1.29 is 4.74 Å². The fraction of sp³-hybridized carbons (Fsp3) is 0.692. The Morgan fingerprint density at radius 2 is 2.47 bits per heavy atom. The van der Waals surface area contributed by atoms with E-state index in [4.69, 9.17) is 17.0 Å². The number of hydrogen-bond acceptors (Lipinski definition) is 3. The standard InChI is InChI=1S/C13H22N4OS/c1-11-8-16-17(10-11)6-3-5-14-13(19)15-9-12-4-2-7-18-12/h8,10,12H,2-7,9H2,1H3,(H2,14,15,19). The molecule has 19 heavy (non-hydrogen) atoms. The van der Waals surface area contributed by atoms with Crippen molar-refractivity contribution in [1.82, 2.24) is 20.4 Å². The first-order chi connectivity index (χ1) is 9.24. The Kier molecular flexibility index (Phi) is 5.60. The summed E-state index contributed by atoms with van der Waals surface area (Å²) in [6, 6.07) is 0. The highest BCUT2D eigenvalue weighted by molar-refractivity contribution is 7.80. The maximum atomic E-state index is 5.53. The van der Waals surface area contributed by atoms with Gasteiger partial charge in [0.25, 0.3) is 0 Å². The first-order valence-corrected chi connectivity index (χ1v) is 7.27.